The van der Waals surface area contributed by atoms with Crippen LogP contribution in [0.1, 0.15) is 17.5 Å². The number of halogens is 6. The third kappa shape index (κ3) is 14.7. The van der Waals surface area contributed by atoms with Crippen LogP contribution in [0.5, 0.6) is 11.5 Å². The highest BCUT2D eigenvalue weighted by Gasteiger charge is 2.38. The van der Waals surface area contributed by atoms with Crippen LogP contribution >= 0.6 is 0 Å². The van der Waals surface area contributed by atoms with Gasteiger partial charge < -0.3 is 36.1 Å². The van der Waals surface area contributed by atoms with Crippen LogP contribution in [0, 0.1) is 5.41 Å². The highest BCUT2D eigenvalue weighted by atomic mass is 19.4. The van der Waals surface area contributed by atoms with Gasteiger partial charge in [-0.3, -0.25) is 10.2 Å². The molecule has 0 radical (unpaired) electrons. The molecule has 1 aliphatic rings. The molecule has 3 rings (SSSR count). The first-order valence-electron chi connectivity index (χ1n) is 11.9. The van der Waals surface area contributed by atoms with Crippen molar-refractivity contribution in [2.45, 2.75) is 31.3 Å². The number of nitrogen functional groups attached to an aromatic ring is 1. The maximum atomic E-state index is 12.1. The maximum absolute atomic E-state index is 12.1. The van der Waals surface area contributed by atoms with Crippen LogP contribution in [0.15, 0.2) is 48.5 Å². The number of nitrogens with two attached hydrogens (primary N) is 1. The molecule has 0 bridgehead atoms. The number of benzene rings is 2. The number of hydrogen-bond donors (Lipinski definition) is 6. The predicted octanol–water partition coefficient (Wildman–Crippen LogP) is 2.72. The standard InChI is InChI=1S/C21H26N4O3.2C2HF3O2/c22-21(23)16-2-1-3-18(13-16)27-11-10-25-20(26)12-15-4-6-17(7-5-15)28-19-8-9-24-14-19;2*3-2(4,5)1(6)7/h1-7,13,19,24H,8-12,14H2,(H3,22,23)(H,25,26);2*(H,6,7)/t19-;;/m0../s1. The van der Waals surface area contributed by atoms with Crippen LogP contribution in [0.3, 0.4) is 0 Å². The van der Waals surface area contributed by atoms with E-state index in [0.717, 1.165) is 30.8 Å². The van der Waals surface area contributed by atoms with E-state index < -0.39 is 24.3 Å². The zero-order chi connectivity index (χ0) is 31.9. The smallest absolute Gasteiger partial charge is 0.490 e. The van der Waals surface area contributed by atoms with Gasteiger partial charge in [0.25, 0.3) is 0 Å². The Morgan fingerprint density at radius 1 is 0.976 bits per heavy atom. The SMILES string of the molecule is N=C(N)c1cccc(OCCNC(=O)Cc2ccc(O[C@H]3CCNC3)cc2)c1.O=C(O)C(F)(F)F.O=C(O)C(F)(F)F. The monoisotopic (exact) mass is 610 g/mol. The van der Waals surface area contributed by atoms with E-state index in [1.807, 2.05) is 24.3 Å². The lowest BCUT2D eigenvalue weighted by Crippen LogP contribution is -2.29. The molecule has 0 unspecified atom stereocenters. The average Bonchev–Trinajstić information content (AvgIpc) is 3.41. The average molecular weight is 611 g/mol. The zero-order valence-electron chi connectivity index (χ0n) is 21.7. The number of hydrogen-bond acceptors (Lipinski definition) is 7. The van der Waals surface area contributed by atoms with Gasteiger partial charge in [-0.2, -0.15) is 26.3 Å². The number of amides is 1. The van der Waals surface area contributed by atoms with Crippen molar-refractivity contribution in [2.75, 3.05) is 26.2 Å². The van der Waals surface area contributed by atoms with Gasteiger partial charge in [0.15, 0.2) is 0 Å². The van der Waals surface area contributed by atoms with Crippen LogP contribution in [0.4, 0.5) is 26.3 Å². The van der Waals surface area contributed by atoms with Crippen molar-refractivity contribution in [1.29, 1.82) is 5.41 Å². The second kappa shape index (κ2) is 16.7. The molecule has 1 aliphatic heterocycles. The third-order valence-electron chi connectivity index (χ3n) is 4.93. The van der Waals surface area contributed by atoms with Crippen molar-refractivity contribution < 1.29 is 60.4 Å². The fourth-order valence-electron chi connectivity index (χ4n) is 2.97. The molecule has 1 saturated heterocycles. The van der Waals surface area contributed by atoms with Crippen LogP contribution in [0.2, 0.25) is 0 Å². The van der Waals surface area contributed by atoms with Crippen LogP contribution in [0.25, 0.3) is 0 Å². The van der Waals surface area contributed by atoms with Crippen molar-refractivity contribution in [3.63, 3.8) is 0 Å². The fourth-order valence-corrected chi connectivity index (χ4v) is 2.97. The second-order valence-corrected chi connectivity index (χ2v) is 8.30. The van der Waals surface area contributed by atoms with Crippen molar-refractivity contribution in [3.8, 4) is 11.5 Å². The first kappa shape index (κ1) is 35.5. The van der Waals surface area contributed by atoms with E-state index in [1.165, 1.54) is 0 Å². The summed E-state index contributed by atoms with van der Waals surface area (Å²) >= 11 is 0. The number of carbonyl (C=O) groups is 3. The minimum atomic E-state index is -5.08. The summed E-state index contributed by atoms with van der Waals surface area (Å²) in [5, 5.41) is 27.8. The van der Waals surface area contributed by atoms with Gasteiger partial charge in [-0.25, -0.2) is 9.59 Å². The number of carboxylic acids is 2. The number of alkyl halides is 6. The molecule has 1 fully saturated rings. The molecule has 2 aromatic carbocycles. The molecule has 7 N–H and O–H groups in total. The number of aliphatic carboxylic acids is 2. The van der Waals surface area contributed by atoms with Gasteiger partial charge in [0.05, 0.1) is 13.0 Å². The van der Waals surface area contributed by atoms with E-state index in [9.17, 15) is 31.1 Å². The zero-order valence-corrected chi connectivity index (χ0v) is 21.7. The molecule has 17 heteroatoms. The Morgan fingerprint density at radius 2 is 1.55 bits per heavy atom. The lowest BCUT2D eigenvalue weighted by atomic mass is 10.1. The van der Waals surface area contributed by atoms with Crippen LogP contribution in [-0.2, 0) is 20.8 Å². The van der Waals surface area contributed by atoms with Gasteiger partial charge in [0.2, 0.25) is 5.91 Å². The Morgan fingerprint density at radius 3 is 2.02 bits per heavy atom. The Labute approximate surface area is 235 Å². The van der Waals surface area contributed by atoms with Crippen molar-refractivity contribution in [1.82, 2.24) is 10.6 Å². The molecule has 1 atom stereocenters. The highest BCUT2D eigenvalue weighted by Crippen LogP contribution is 2.17. The molecule has 1 heterocycles. The van der Waals surface area contributed by atoms with Crippen molar-refractivity contribution in [3.05, 3.63) is 59.7 Å². The third-order valence-corrected chi connectivity index (χ3v) is 4.93. The van der Waals surface area contributed by atoms with Gasteiger partial charge >= 0.3 is 24.3 Å². The molecule has 1 amide bonds. The molecule has 0 aliphatic carbocycles. The Kier molecular flexibility index (Phi) is 14.1. The summed E-state index contributed by atoms with van der Waals surface area (Å²) in [6.45, 7) is 2.62. The predicted molar refractivity (Wildman–Crippen MR) is 135 cm³/mol. The second-order valence-electron chi connectivity index (χ2n) is 8.30. The lowest BCUT2D eigenvalue weighted by Gasteiger charge is -2.13. The normalized spacial score (nSPS) is 14.3. The summed E-state index contributed by atoms with van der Waals surface area (Å²) in [4.78, 5) is 29.9. The van der Waals surface area contributed by atoms with E-state index in [-0.39, 0.29) is 17.8 Å². The molecular weight excluding hydrogens is 582 g/mol. The number of carboxylic acid groups (broad SMARTS) is 2. The van der Waals surface area contributed by atoms with Gasteiger partial charge in [0.1, 0.15) is 30.0 Å². The van der Waals surface area contributed by atoms with Gasteiger partial charge in [-0.15, -0.1) is 0 Å². The number of ether oxygens (including phenoxy) is 2. The summed E-state index contributed by atoms with van der Waals surface area (Å²) in [7, 11) is 0. The fraction of sp³-hybridized carbons (Fsp3) is 0.360. The first-order valence-corrected chi connectivity index (χ1v) is 11.9. The lowest BCUT2D eigenvalue weighted by molar-refractivity contribution is -0.193. The molecule has 232 valence electrons. The highest BCUT2D eigenvalue weighted by molar-refractivity contribution is 5.95. The summed E-state index contributed by atoms with van der Waals surface area (Å²) < 4.78 is 74.9. The Bertz CT molecular complexity index is 1160. The van der Waals surface area contributed by atoms with E-state index in [4.69, 9.17) is 40.4 Å². The first-order chi connectivity index (χ1) is 19.5. The van der Waals surface area contributed by atoms with Crippen LogP contribution in [-0.4, -0.2) is 78.6 Å². The molecule has 0 spiro atoms. The molecule has 0 aromatic heterocycles. The van der Waals surface area contributed by atoms with Gasteiger partial charge in [0, 0.05) is 12.1 Å². The summed E-state index contributed by atoms with van der Waals surface area (Å²) in [6, 6.07) is 14.7. The van der Waals surface area contributed by atoms with Crippen LogP contribution < -0.4 is 25.8 Å². The van der Waals surface area contributed by atoms with E-state index in [2.05, 4.69) is 10.6 Å². The van der Waals surface area contributed by atoms with Gasteiger partial charge in [-0.1, -0.05) is 24.3 Å². The summed E-state index contributed by atoms with van der Waals surface area (Å²) in [6.07, 6.45) is -8.61. The molecular formula is C25H28F6N4O7. The number of carbonyl (C=O) groups excluding carboxylic acids is 1. The van der Waals surface area contributed by atoms with E-state index in [1.54, 1.807) is 24.3 Å². The molecule has 42 heavy (non-hydrogen) atoms. The minimum absolute atomic E-state index is 0.00456. The van der Waals surface area contributed by atoms with E-state index >= 15 is 0 Å². The summed E-state index contributed by atoms with van der Waals surface area (Å²) in [5.74, 6) is -4.13. The number of amidine groups is 1. The summed E-state index contributed by atoms with van der Waals surface area (Å²) in [5.41, 5.74) is 7.00. The quantitative estimate of drug-likeness (QED) is 0.108. The Balaban J connectivity index is 0.000000522. The maximum Gasteiger partial charge on any atom is 0.490 e. The minimum Gasteiger partial charge on any atom is -0.492 e. The van der Waals surface area contributed by atoms with Crippen molar-refractivity contribution >= 4 is 23.7 Å². The number of nitrogens with one attached hydrogen (secondary N) is 3. The Hall–Kier alpha value is -4.54. The topological polar surface area (TPSA) is 184 Å². The molecule has 11 nitrogen and oxygen atoms in total. The largest absolute Gasteiger partial charge is 0.492 e. The number of rotatable bonds is 9. The van der Waals surface area contributed by atoms with E-state index in [0.29, 0.717) is 30.9 Å². The molecule has 2 aromatic rings. The van der Waals surface area contributed by atoms with Crippen molar-refractivity contribution in [2.24, 2.45) is 5.73 Å². The molecule has 0 saturated carbocycles. The van der Waals surface area contributed by atoms with Gasteiger partial charge in [-0.05, 0) is 42.8 Å².